The van der Waals surface area contributed by atoms with Gasteiger partial charge in [-0.1, -0.05) is 24.3 Å². The third-order valence-electron chi connectivity index (χ3n) is 5.89. The number of amides is 1. The van der Waals surface area contributed by atoms with Crippen LogP contribution in [-0.2, 0) is 18.4 Å². The number of anilines is 1. The van der Waals surface area contributed by atoms with Crippen molar-refractivity contribution in [3.8, 4) is 11.1 Å². The molecule has 4 rings (SSSR count). The Bertz CT molecular complexity index is 1030. The van der Waals surface area contributed by atoms with Gasteiger partial charge in [0.1, 0.15) is 11.6 Å². The zero-order valence-corrected chi connectivity index (χ0v) is 17.4. The normalized spacial score (nSPS) is 17.1. The predicted octanol–water partition coefficient (Wildman–Crippen LogP) is 4.39. The van der Waals surface area contributed by atoms with E-state index in [0.717, 1.165) is 55.1 Å². The lowest BCUT2D eigenvalue weighted by Gasteiger charge is -2.32. The zero-order chi connectivity index (χ0) is 21.1. The number of piperidine rings is 1. The van der Waals surface area contributed by atoms with Crippen LogP contribution in [0.4, 0.5) is 10.1 Å². The second-order valence-electron chi connectivity index (χ2n) is 8.01. The number of benzene rings is 2. The van der Waals surface area contributed by atoms with Crippen LogP contribution in [0.5, 0.6) is 0 Å². The van der Waals surface area contributed by atoms with Crippen LogP contribution in [0.25, 0.3) is 11.1 Å². The van der Waals surface area contributed by atoms with Gasteiger partial charge in [0, 0.05) is 32.0 Å². The molecule has 1 atom stereocenters. The molecule has 6 heteroatoms. The van der Waals surface area contributed by atoms with Crippen LogP contribution >= 0.6 is 0 Å². The Morgan fingerprint density at radius 2 is 2.00 bits per heavy atom. The van der Waals surface area contributed by atoms with E-state index in [-0.39, 0.29) is 17.6 Å². The number of hydrogen-bond acceptors (Lipinski definition) is 3. The van der Waals surface area contributed by atoms with Crippen LogP contribution in [0, 0.1) is 18.7 Å². The Morgan fingerprint density at radius 1 is 1.20 bits per heavy atom. The first-order valence-electron chi connectivity index (χ1n) is 10.4. The highest BCUT2D eigenvalue weighted by Crippen LogP contribution is 2.25. The van der Waals surface area contributed by atoms with E-state index in [1.165, 1.54) is 17.8 Å². The molecule has 0 aliphatic carbocycles. The summed E-state index contributed by atoms with van der Waals surface area (Å²) in [5.74, 6) is 0.753. The van der Waals surface area contributed by atoms with E-state index in [0.29, 0.717) is 0 Å². The van der Waals surface area contributed by atoms with Gasteiger partial charge in [0.15, 0.2) is 0 Å². The lowest BCUT2D eigenvalue weighted by atomic mass is 9.96. The van der Waals surface area contributed by atoms with Crippen molar-refractivity contribution in [1.82, 2.24) is 14.5 Å². The molecule has 1 N–H and O–H groups in total. The summed E-state index contributed by atoms with van der Waals surface area (Å²) in [7, 11) is 2.03. The Kier molecular flexibility index (Phi) is 5.95. The van der Waals surface area contributed by atoms with Gasteiger partial charge in [-0.2, -0.15) is 0 Å². The number of imidazole rings is 1. The lowest BCUT2D eigenvalue weighted by Crippen LogP contribution is -2.40. The van der Waals surface area contributed by atoms with Gasteiger partial charge >= 0.3 is 0 Å². The van der Waals surface area contributed by atoms with E-state index in [4.69, 9.17) is 0 Å². The maximum Gasteiger partial charge on any atom is 0.228 e. The molecule has 1 aliphatic heterocycles. The number of aromatic nitrogens is 2. The summed E-state index contributed by atoms with van der Waals surface area (Å²) in [4.78, 5) is 19.6. The van der Waals surface area contributed by atoms with Gasteiger partial charge in [-0.3, -0.25) is 9.69 Å². The van der Waals surface area contributed by atoms with Crippen LogP contribution in [0.3, 0.4) is 0 Å². The second-order valence-corrected chi connectivity index (χ2v) is 8.01. The fourth-order valence-corrected chi connectivity index (χ4v) is 4.00. The van der Waals surface area contributed by atoms with Gasteiger partial charge in [0.2, 0.25) is 5.91 Å². The molecular weight excluding hydrogens is 379 g/mol. The maximum atomic E-state index is 13.2. The number of nitrogens with zero attached hydrogens (tertiary/aromatic N) is 3. The number of rotatable bonds is 5. The minimum atomic E-state index is -0.258. The molecule has 0 bridgehead atoms. The molecule has 3 aromatic rings. The summed E-state index contributed by atoms with van der Waals surface area (Å²) < 4.78 is 15.3. The molecule has 2 aromatic carbocycles. The first kappa shape index (κ1) is 20.3. The molecule has 0 spiro atoms. The quantitative estimate of drug-likeness (QED) is 0.684. The summed E-state index contributed by atoms with van der Waals surface area (Å²) in [6, 6.07) is 14.1. The molecule has 2 heterocycles. The Balaban J connectivity index is 1.40. The van der Waals surface area contributed by atoms with E-state index in [1.54, 1.807) is 12.1 Å². The first-order valence-corrected chi connectivity index (χ1v) is 10.4. The van der Waals surface area contributed by atoms with Gasteiger partial charge in [-0.15, -0.1) is 0 Å². The Labute approximate surface area is 176 Å². The van der Waals surface area contributed by atoms with Gasteiger partial charge in [0.25, 0.3) is 0 Å². The minimum Gasteiger partial charge on any atom is -0.334 e. The molecule has 1 amide bonds. The topological polar surface area (TPSA) is 50.2 Å². The average Bonchev–Trinajstić information content (AvgIpc) is 3.07. The van der Waals surface area contributed by atoms with Gasteiger partial charge in [0.05, 0.1) is 11.6 Å². The summed E-state index contributed by atoms with van der Waals surface area (Å²) in [6.07, 6.45) is 3.81. The largest absolute Gasteiger partial charge is 0.334 e. The molecule has 30 heavy (non-hydrogen) atoms. The van der Waals surface area contributed by atoms with Crippen molar-refractivity contribution in [3.05, 3.63) is 72.1 Å². The Hall–Kier alpha value is -2.99. The van der Waals surface area contributed by atoms with E-state index in [1.807, 2.05) is 44.4 Å². The number of carbonyl (C=O) groups excluding carboxylic acids is 1. The number of hydrogen-bond donors (Lipinski definition) is 1. The van der Waals surface area contributed by atoms with Crippen LogP contribution < -0.4 is 5.32 Å². The van der Waals surface area contributed by atoms with E-state index >= 15 is 0 Å². The van der Waals surface area contributed by atoms with E-state index < -0.39 is 0 Å². The highest BCUT2D eigenvalue weighted by atomic mass is 19.1. The van der Waals surface area contributed by atoms with Crippen molar-refractivity contribution in [2.45, 2.75) is 26.3 Å². The van der Waals surface area contributed by atoms with Crippen molar-refractivity contribution in [2.24, 2.45) is 13.0 Å². The molecule has 156 valence electrons. The monoisotopic (exact) mass is 406 g/mol. The van der Waals surface area contributed by atoms with Crippen LogP contribution in [0.2, 0.25) is 0 Å². The van der Waals surface area contributed by atoms with Crippen molar-refractivity contribution in [1.29, 1.82) is 0 Å². The molecule has 5 nitrogen and oxygen atoms in total. The predicted molar refractivity (Wildman–Crippen MR) is 116 cm³/mol. The Morgan fingerprint density at radius 3 is 2.73 bits per heavy atom. The molecule has 1 fully saturated rings. The van der Waals surface area contributed by atoms with Gasteiger partial charge in [-0.25, -0.2) is 9.37 Å². The number of aryl methyl sites for hydroxylation is 1. The summed E-state index contributed by atoms with van der Waals surface area (Å²) in [5.41, 5.74) is 3.80. The smallest absolute Gasteiger partial charge is 0.228 e. The number of carbonyl (C=O) groups is 1. The van der Waals surface area contributed by atoms with Crippen molar-refractivity contribution in [2.75, 3.05) is 18.4 Å². The minimum absolute atomic E-state index is 0.0393. The number of nitrogens with one attached hydrogen (secondary N) is 1. The molecule has 0 saturated carbocycles. The standard InChI is InChI=1S/C24H27FN4O/c1-17-26-14-23(28(17)2)16-29-12-4-6-20(15-29)24(30)27-22-7-3-5-19(13-22)18-8-10-21(25)11-9-18/h3,5,7-11,13-14,20H,4,6,12,15-16H2,1-2H3,(H,27,30)/t20-/m0/s1. The maximum absolute atomic E-state index is 13.2. The zero-order valence-electron chi connectivity index (χ0n) is 17.4. The van der Waals surface area contributed by atoms with Crippen LogP contribution in [-0.4, -0.2) is 33.4 Å². The highest BCUT2D eigenvalue weighted by Gasteiger charge is 2.26. The second kappa shape index (κ2) is 8.79. The van der Waals surface area contributed by atoms with Gasteiger partial charge in [-0.05, 0) is 61.7 Å². The first-order chi connectivity index (χ1) is 14.5. The third-order valence-corrected chi connectivity index (χ3v) is 5.89. The molecule has 1 aliphatic rings. The van der Waals surface area contributed by atoms with Crippen LogP contribution in [0.1, 0.15) is 24.4 Å². The lowest BCUT2D eigenvalue weighted by molar-refractivity contribution is -0.121. The van der Waals surface area contributed by atoms with Crippen molar-refractivity contribution >= 4 is 11.6 Å². The molecular formula is C24H27FN4O. The molecule has 1 aromatic heterocycles. The van der Waals surface area contributed by atoms with Gasteiger partial charge < -0.3 is 9.88 Å². The van der Waals surface area contributed by atoms with Crippen LogP contribution in [0.15, 0.2) is 54.7 Å². The van der Waals surface area contributed by atoms with Crippen molar-refractivity contribution in [3.63, 3.8) is 0 Å². The molecule has 1 saturated heterocycles. The fourth-order valence-electron chi connectivity index (χ4n) is 4.00. The molecule has 0 radical (unpaired) electrons. The SMILES string of the molecule is Cc1ncc(CN2CCC[C@H](C(=O)Nc3cccc(-c4ccc(F)cc4)c3)C2)n1C. The average molecular weight is 407 g/mol. The highest BCUT2D eigenvalue weighted by molar-refractivity contribution is 5.93. The fraction of sp³-hybridized carbons (Fsp3) is 0.333. The van der Waals surface area contributed by atoms with E-state index in [9.17, 15) is 9.18 Å². The van der Waals surface area contributed by atoms with Crippen molar-refractivity contribution < 1.29 is 9.18 Å². The number of halogens is 1. The number of likely N-dealkylation sites (tertiary alicyclic amines) is 1. The summed E-state index contributed by atoms with van der Waals surface area (Å²) in [6.45, 7) is 4.54. The molecule has 0 unspecified atom stereocenters. The summed E-state index contributed by atoms with van der Waals surface area (Å²) >= 11 is 0. The third kappa shape index (κ3) is 4.60. The van der Waals surface area contributed by atoms with E-state index in [2.05, 4.69) is 19.8 Å². The summed E-state index contributed by atoms with van der Waals surface area (Å²) in [5, 5.41) is 3.08.